The molecule has 6 nitrogen and oxygen atoms in total. The first-order valence-corrected chi connectivity index (χ1v) is 6.86. The lowest BCUT2D eigenvalue weighted by molar-refractivity contribution is -0.144. The van der Waals surface area contributed by atoms with Crippen LogP contribution in [-0.4, -0.2) is 47.7 Å². The van der Waals surface area contributed by atoms with Crippen LogP contribution < -0.4 is 5.73 Å². The molecule has 2 saturated heterocycles. The number of rotatable bonds is 2. The van der Waals surface area contributed by atoms with Gasteiger partial charge in [-0.15, -0.1) is 0 Å². The Morgan fingerprint density at radius 2 is 2.11 bits per heavy atom. The Labute approximate surface area is 113 Å². The molecule has 0 radical (unpaired) electrons. The molecule has 2 heterocycles. The molecule has 0 aromatic heterocycles. The molecular weight excluding hydrogens is 246 g/mol. The Bertz CT molecular complexity index is 375. The molecule has 2 aliphatic heterocycles. The van der Waals surface area contributed by atoms with Crippen molar-refractivity contribution in [1.29, 1.82) is 0 Å². The van der Waals surface area contributed by atoms with Gasteiger partial charge in [-0.25, -0.2) is 0 Å². The molecule has 2 fully saturated rings. The number of nitrogens with zero attached hydrogens (tertiary/aromatic N) is 2. The van der Waals surface area contributed by atoms with Gasteiger partial charge >= 0.3 is 0 Å². The maximum Gasteiger partial charge on any atom is 0.251 e. The number of piperidine rings is 1. The summed E-state index contributed by atoms with van der Waals surface area (Å²) in [6.07, 6.45) is 2.10. The lowest BCUT2D eigenvalue weighted by Gasteiger charge is -2.39. The molecule has 1 amide bonds. The van der Waals surface area contributed by atoms with Gasteiger partial charge in [0.15, 0.2) is 0 Å². The number of likely N-dealkylation sites (tertiary alicyclic amines) is 1. The zero-order valence-electron chi connectivity index (χ0n) is 11.6. The summed E-state index contributed by atoms with van der Waals surface area (Å²) >= 11 is 0. The highest BCUT2D eigenvalue weighted by molar-refractivity contribution is 5.86. The van der Waals surface area contributed by atoms with Crippen molar-refractivity contribution in [1.82, 2.24) is 4.90 Å². The molecule has 19 heavy (non-hydrogen) atoms. The van der Waals surface area contributed by atoms with Gasteiger partial charge in [-0.3, -0.25) is 4.79 Å². The van der Waals surface area contributed by atoms with Gasteiger partial charge in [-0.05, 0) is 25.2 Å². The fraction of sp³-hybridized carbons (Fsp3) is 0.846. The summed E-state index contributed by atoms with van der Waals surface area (Å²) in [7, 11) is 0. The molecule has 0 bridgehead atoms. The molecule has 108 valence electrons. The Balaban J connectivity index is 1.95. The SMILES string of the molecule is CC1CCOC1C(=O)N1CCC(C)(C(N)=NO)CC1. The van der Waals surface area contributed by atoms with Crippen LogP contribution in [0, 0.1) is 11.3 Å². The number of amidine groups is 1. The minimum atomic E-state index is -0.312. The number of carbonyl (C=O) groups excluding carboxylic acids is 1. The van der Waals surface area contributed by atoms with Crippen LogP contribution in [0.1, 0.15) is 33.1 Å². The van der Waals surface area contributed by atoms with Crippen LogP contribution in [0.5, 0.6) is 0 Å². The minimum Gasteiger partial charge on any atom is -0.409 e. The van der Waals surface area contributed by atoms with Crippen molar-refractivity contribution < 1.29 is 14.7 Å². The number of hydrogen-bond acceptors (Lipinski definition) is 4. The van der Waals surface area contributed by atoms with Crippen LogP contribution in [0.2, 0.25) is 0 Å². The summed E-state index contributed by atoms with van der Waals surface area (Å²) in [5, 5.41) is 11.9. The van der Waals surface area contributed by atoms with Gasteiger partial charge in [0, 0.05) is 25.1 Å². The highest BCUT2D eigenvalue weighted by atomic mass is 16.5. The Hall–Kier alpha value is -1.30. The van der Waals surface area contributed by atoms with E-state index in [9.17, 15) is 4.79 Å². The van der Waals surface area contributed by atoms with Crippen molar-refractivity contribution in [3.63, 3.8) is 0 Å². The van der Waals surface area contributed by atoms with Gasteiger partial charge in [0.1, 0.15) is 11.9 Å². The molecule has 3 N–H and O–H groups in total. The van der Waals surface area contributed by atoms with E-state index in [1.807, 2.05) is 11.8 Å². The topological polar surface area (TPSA) is 88.2 Å². The van der Waals surface area contributed by atoms with Crippen LogP contribution in [0.15, 0.2) is 5.16 Å². The zero-order valence-corrected chi connectivity index (χ0v) is 11.6. The second-order valence-corrected chi connectivity index (χ2v) is 5.93. The largest absolute Gasteiger partial charge is 0.409 e. The van der Waals surface area contributed by atoms with Crippen molar-refractivity contribution >= 4 is 11.7 Å². The van der Waals surface area contributed by atoms with Gasteiger partial charge in [0.2, 0.25) is 0 Å². The van der Waals surface area contributed by atoms with Gasteiger partial charge in [-0.2, -0.15) is 0 Å². The van der Waals surface area contributed by atoms with E-state index in [0.717, 1.165) is 19.3 Å². The maximum atomic E-state index is 12.4. The molecule has 2 rings (SSSR count). The van der Waals surface area contributed by atoms with E-state index >= 15 is 0 Å². The molecule has 2 aliphatic rings. The summed E-state index contributed by atoms with van der Waals surface area (Å²) in [6, 6.07) is 0. The number of carbonyl (C=O) groups is 1. The molecule has 0 spiro atoms. The molecular formula is C13H23N3O3. The number of oxime groups is 1. The quantitative estimate of drug-likeness (QED) is 0.336. The number of amides is 1. The fourth-order valence-corrected chi connectivity index (χ4v) is 2.79. The zero-order chi connectivity index (χ0) is 14.0. The third kappa shape index (κ3) is 2.68. The van der Waals surface area contributed by atoms with Crippen LogP contribution in [0.25, 0.3) is 0 Å². The van der Waals surface area contributed by atoms with E-state index in [4.69, 9.17) is 15.7 Å². The highest BCUT2D eigenvalue weighted by Crippen LogP contribution is 2.32. The first kappa shape index (κ1) is 14.1. The number of ether oxygens (including phenoxy) is 1. The van der Waals surface area contributed by atoms with E-state index < -0.39 is 0 Å². The van der Waals surface area contributed by atoms with Gasteiger partial charge in [0.05, 0.1) is 0 Å². The highest BCUT2D eigenvalue weighted by Gasteiger charge is 2.39. The van der Waals surface area contributed by atoms with Crippen molar-refractivity contribution in [2.75, 3.05) is 19.7 Å². The van der Waals surface area contributed by atoms with E-state index in [1.54, 1.807) is 0 Å². The van der Waals surface area contributed by atoms with Crippen LogP contribution in [0.4, 0.5) is 0 Å². The lowest BCUT2D eigenvalue weighted by Crippen LogP contribution is -2.50. The van der Waals surface area contributed by atoms with Gasteiger partial charge in [0.25, 0.3) is 5.91 Å². The van der Waals surface area contributed by atoms with Gasteiger partial charge < -0.3 is 20.6 Å². The predicted octanol–water partition coefficient (Wildman–Crippen LogP) is 0.786. The third-order valence-corrected chi connectivity index (χ3v) is 4.54. The predicted molar refractivity (Wildman–Crippen MR) is 70.9 cm³/mol. The Kier molecular flexibility index (Phi) is 3.99. The Morgan fingerprint density at radius 3 is 2.58 bits per heavy atom. The van der Waals surface area contributed by atoms with Crippen molar-refractivity contribution in [3.05, 3.63) is 0 Å². The summed E-state index contributed by atoms with van der Waals surface area (Å²) < 4.78 is 5.52. The molecule has 0 aromatic rings. The Morgan fingerprint density at radius 1 is 1.47 bits per heavy atom. The second-order valence-electron chi connectivity index (χ2n) is 5.93. The molecule has 2 unspecified atom stereocenters. The first-order valence-electron chi connectivity index (χ1n) is 6.86. The van der Waals surface area contributed by atoms with E-state index in [-0.39, 0.29) is 23.3 Å². The number of hydrogen-bond donors (Lipinski definition) is 2. The average Bonchev–Trinajstić information content (AvgIpc) is 2.84. The number of nitrogens with two attached hydrogens (primary N) is 1. The summed E-state index contributed by atoms with van der Waals surface area (Å²) in [5.74, 6) is 0.640. The first-order chi connectivity index (χ1) is 8.98. The smallest absolute Gasteiger partial charge is 0.251 e. The van der Waals surface area contributed by atoms with Gasteiger partial charge in [-0.1, -0.05) is 19.0 Å². The van der Waals surface area contributed by atoms with Crippen molar-refractivity contribution in [2.45, 2.75) is 39.2 Å². The molecule has 0 aromatic carbocycles. The lowest BCUT2D eigenvalue weighted by atomic mass is 9.79. The van der Waals surface area contributed by atoms with E-state index in [1.165, 1.54) is 0 Å². The molecule has 6 heteroatoms. The monoisotopic (exact) mass is 269 g/mol. The maximum absolute atomic E-state index is 12.4. The van der Waals surface area contributed by atoms with Crippen molar-refractivity contribution in [2.24, 2.45) is 22.2 Å². The van der Waals surface area contributed by atoms with Crippen LogP contribution in [0.3, 0.4) is 0 Å². The minimum absolute atomic E-state index is 0.0894. The molecule has 0 saturated carbocycles. The normalized spacial score (nSPS) is 31.5. The second kappa shape index (κ2) is 5.36. The summed E-state index contributed by atoms with van der Waals surface area (Å²) in [4.78, 5) is 14.2. The van der Waals surface area contributed by atoms with E-state index in [0.29, 0.717) is 25.6 Å². The fourth-order valence-electron chi connectivity index (χ4n) is 2.79. The van der Waals surface area contributed by atoms with Crippen LogP contribution >= 0.6 is 0 Å². The molecule has 0 aliphatic carbocycles. The van der Waals surface area contributed by atoms with E-state index in [2.05, 4.69) is 12.1 Å². The van der Waals surface area contributed by atoms with Crippen LogP contribution in [-0.2, 0) is 9.53 Å². The average molecular weight is 269 g/mol. The standard InChI is InChI=1S/C13H23N3O3/c1-9-3-8-19-10(9)11(17)16-6-4-13(2,5-7-16)12(14)15-18/h9-10,18H,3-8H2,1-2H3,(H2,14,15). The summed E-state index contributed by atoms with van der Waals surface area (Å²) in [6.45, 7) is 5.97. The van der Waals surface area contributed by atoms with Crippen molar-refractivity contribution in [3.8, 4) is 0 Å². The molecule has 2 atom stereocenters. The summed E-state index contributed by atoms with van der Waals surface area (Å²) in [5.41, 5.74) is 5.41. The third-order valence-electron chi connectivity index (χ3n) is 4.54.